The van der Waals surface area contributed by atoms with E-state index < -0.39 is 0 Å². The van der Waals surface area contributed by atoms with Gasteiger partial charge in [0.25, 0.3) is 0 Å². The van der Waals surface area contributed by atoms with Crippen LogP contribution in [0.1, 0.15) is 36.4 Å². The van der Waals surface area contributed by atoms with Crippen molar-refractivity contribution in [3.05, 3.63) is 29.5 Å². The number of aryl methyl sites for hydroxylation is 1. The third-order valence-corrected chi connectivity index (χ3v) is 3.90. The fraction of sp³-hybridized carbons (Fsp3) is 0.500. The summed E-state index contributed by atoms with van der Waals surface area (Å²) in [4.78, 5) is 0. The number of hydrogen-bond donors (Lipinski definition) is 1. The molecule has 2 N–H and O–H groups in total. The molecule has 0 radical (unpaired) electrons. The number of hydrogen-bond acceptors (Lipinski definition) is 2. The Balaban J connectivity index is 2.20. The van der Waals surface area contributed by atoms with Gasteiger partial charge in [-0.3, -0.25) is 4.68 Å². The van der Waals surface area contributed by atoms with Crippen LogP contribution in [0.3, 0.4) is 0 Å². The van der Waals surface area contributed by atoms with Gasteiger partial charge in [0.2, 0.25) is 0 Å². The van der Waals surface area contributed by atoms with Crippen molar-refractivity contribution in [3.8, 4) is 0 Å². The SMILES string of the molecule is Cn1nc(C2CCC2)c2c(CCN)cccc21. The van der Waals surface area contributed by atoms with E-state index in [1.807, 2.05) is 11.7 Å². The molecule has 1 aliphatic rings. The van der Waals surface area contributed by atoms with Crippen LogP contribution >= 0.6 is 0 Å². The van der Waals surface area contributed by atoms with Crippen molar-refractivity contribution in [1.29, 1.82) is 0 Å². The Hall–Kier alpha value is -1.35. The highest BCUT2D eigenvalue weighted by Gasteiger charge is 2.25. The predicted octanol–water partition coefficient (Wildman–Crippen LogP) is 2.34. The van der Waals surface area contributed by atoms with Crippen molar-refractivity contribution in [3.63, 3.8) is 0 Å². The molecular formula is C14H19N3. The molecular weight excluding hydrogens is 210 g/mol. The topological polar surface area (TPSA) is 43.8 Å². The van der Waals surface area contributed by atoms with Gasteiger partial charge >= 0.3 is 0 Å². The van der Waals surface area contributed by atoms with E-state index in [1.54, 1.807) is 0 Å². The summed E-state index contributed by atoms with van der Waals surface area (Å²) < 4.78 is 2.02. The van der Waals surface area contributed by atoms with Crippen molar-refractivity contribution in [2.75, 3.05) is 6.54 Å². The summed E-state index contributed by atoms with van der Waals surface area (Å²) in [6.07, 6.45) is 4.89. The first-order chi connectivity index (χ1) is 8.31. The second-order valence-corrected chi connectivity index (χ2v) is 4.99. The van der Waals surface area contributed by atoms with Crippen LogP contribution in [0.4, 0.5) is 0 Å². The molecule has 1 heterocycles. The van der Waals surface area contributed by atoms with Crippen LogP contribution in [0.2, 0.25) is 0 Å². The van der Waals surface area contributed by atoms with Gasteiger partial charge in [-0.1, -0.05) is 18.6 Å². The molecule has 3 nitrogen and oxygen atoms in total. The lowest BCUT2D eigenvalue weighted by Gasteiger charge is -2.24. The second kappa shape index (κ2) is 4.15. The number of aromatic nitrogens is 2. The lowest BCUT2D eigenvalue weighted by atomic mass is 9.81. The molecule has 0 aliphatic heterocycles. The monoisotopic (exact) mass is 229 g/mol. The molecule has 0 unspecified atom stereocenters. The normalized spacial score (nSPS) is 16.4. The molecule has 1 aromatic heterocycles. The first-order valence-electron chi connectivity index (χ1n) is 6.46. The molecule has 0 saturated heterocycles. The minimum Gasteiger partial charge on any atom is -0.330 e. The van der Waals surface area contributed by atoms with E-state index >= 15 is 0 Å². The second-order valence-electron chi connectivity index (χ2n) is 4.99. The lowest BCUT2D eigenvalue weighted by molar-refractivity contribution is 0.410. The van der Waals surface area contributed by atoms with E-state index in [4.69, 9.17) is 10.8 Å². The van der Waals surface area contributed by atoms with E-state index in [2.05, 4.69) is 18.2 Å². The van der Waals surface area contributed by atoms with Crippen LogP contribution < -0.4 is 5.73 Å². The number of nitrogens with two attached hydrogens (primary N) is 1. The highest BCUT2D eigenvalue weighted by atomic mass is 15.3. The molecule has 1 saturated carbocycles. The van der Waals surface area contributed by atoms with E-state index in [1.165, 1.54) is 41.4 Å². The molecule has 1 aromatic carbocycles. The molecule has 17 heavy (non-hydrogen) atoms. The zero-order chi connectivity index (χ0) is 11.8. The summed E-state index contributed by atoms with van der Waals surface area (Å²) in [5.74, 6) is 0.678. The lowest BCUT2D eigenvalue weighted by Crippen LogP contribution is -2.11. The Morgan fingerprint density at radius 2 is 2.24 bits per heavy atom. The van der Waals surface area contributed by atoms with Crippen LogP contribution in [0.25, 0.3) is 10.9 Å². The number of nitrogens with zero attached hydrogens (tertiary/aromatic N) is 2. The number of benzene rings is 1. The van der Waals surface area contributed by atoms with Crippen LogP contribution in [0, 0.1) is 0 Å². The van der Waals surface area contributed by atoms with Gasteiger partial charge in [-0.05, 0) is 37.4 Å². The van der Waals surface area contributed by atoms with Gasteiger partial charge in [0.1, 0.15) is 0 Å². The minimum atomic E-state index is 0.678. The fourth-order valence-electron chi connectivity index (χ4n) is 2.75. The average molecular weight is 229 g/mol. The number of rotatable bonds is 3. The van der Waals surface area contributed by atoms with E-state index in [0.717, 1.165) is 6.42 Å². The zero-order valence-electron chi connectivity index (χ0n) is 10.3. The number of fused-ring (bicyclic) bond motifs is 1. The van der Waals surface area contributed by atoms with Gasteiger partial charge in [0.05, 0.1) is 11.2 Å². The van der Waals surface area contributed by atoms with E-state index in [9.17, 15) is 0 Å². The molecule has 3 rings (SSSR count). The average Bonchev–Trinajstić information content (AvgIpc) is 2.56. The molecule has 0 amide bonds. The molecule has 90 valence electrons. The zero-order valence-corrected chi connectivity index (χ0v) is 10.3. The van der Waals surface area contributed by atoms with Crippen LogP contribution in [0.5, 0.6) is 0 Å². The van der Waals surface area contributed by atoms with Crippen LogP contribution in [-0.2, 0) is 13.5 Å². The van der Waals surface area contributed by atoms with E-state index in [-0.39, 0.29) is 0 Å². The summed E-state index contributed by atoms with van der Waals surface area (Å²) >= 11 is 0. The Morgan fingerprint density at radius 3 is 2.88 bits per heavy atom. The quantitative estimate of drug-likeness (QED) is 0.878. The van der Waals surface area contributed by atoms with Gasteiger partial charge in [-0.2, -0.15) is 5.10 Å². The summed E-state index contributed by atoms with van der Waals surface area (Å²) in [6, 6.07) is 6.46. The molecule has 1 aliphatic carbocycles. The first kappa shape index (κ1) is 10.8. The summed E-state index contributed by atoms with van der Waals surface area (Å²) in [5, 5.41) is 6.10. The van der Waals surface area contributed by atoms with Gasteiger partial charge in [0.15, 0.2) is 0 Å². The van der Waals surface area contributed by atoms with E-state index in [0.29, 0.717) is 12.5 Å². The maximum Gasteiger partial charge on any atom is 0.0736 e. The molecule has 0 spiro atoms. The van der Waals surface area contributed by atoms with Crippen LogP contribution in [0.15, 0.2) is 18.2 Å². The first-order valence-corrected chi connectivity index (χ1v) is 6.46. The maximum atomic E-state index is 5.70. The summed E-state index contributed by atoms with van der Waals surface area (Å²) in [5.41, 5.74) is 9.62. The fourth-order valence-corrected chi connectivity index (χ4v) is 2.75. The van der Waals surface area contributed by atoms with Gasteiger partial charge in [-0.25, -0.2) is 0 Å². The van der Waals surface area contributed by atoms with Crippen LogP contribution in [-0.4, -0.2) is 16.3 Å². The highest BCUT2D eigenvalue weighted by molar-refractivity contribution is 5.86. The van der Waals surface area contributed by atoms with Crippen molar-refractivity contribution in [1.82, 2.24) is 9.78 Å². The molecule has 1 fully saturated rings. The Bertz CT molecular complexity index is 538. The Morgan fingerprint density at radius 1 is 1.41 bits per heavy atom. The summed E-state index contributed by atoms with van der Waals surface area (Å²) in [6.45, 7) is 0.706. The third kappa shape index (κ3) is 1.65. The van der Waals surface area contributed by atoms with Gasteiger partial charge in [0, 0.05) is 18.4 Å². The van der Waals surface area contributed by atoms with Gasteiger partial charge < -0.3 is 5.73 Å². The largest absolute Gasteiger partial charge is 0.330 e. The molecule has 0 bridgehead atoms. The molecule has 2 aromatic rings. The summed E-state index contributed by atoms with van der Waals surface area (Å²) in [7, 11) is 2.04. The molecule has 3 heteroatoms. The smallest absolute Gasteiger partial charge is 0.0736 e. The Labute approximate surface area is 102 Å². The standard InChI is InChI=1S/C14H19N3/c1-17-12-7-3-4-10(8-9-15)13(12)14(16-17)11-5-2-6-11/h3-4,7,11H,2,5-6,8-9,15H2,1H3. The third-order valence-electron chi connectivity index (χ3n) is 3.90. The van der Waals surface area contributed by atoms with Crippen molar-refractivity contribution in [2.45, 2.75) is 31.6 Å². The van der Waals surface area contributed by atoms with Gasteiger partial charge in [-0.15, -0.1) is 0 Å². The van der Waals surface area contributed by atoms with Crippen molar-refractivity contribution < 1.29 is 0 Å². The maximum absolute atomic E-state index is 5.70. The minimum absolute atomic E-state index is 0.678. The predicted molar refractivity (Wildman–Crippen MR) is 70.1 cm³/mol. The van der Waals surface area contributed by atoms with Crippen molar-refractivity contribution in [2.24, 2.45) is 12.8 Å². The van der Waals surface area contributed by atoms with Crippen molar-refractivity contribution >= 4 is 10.9 Å². The Kier molecular flexibility index (Phi) is 2.63. The molecule has 0 atom stereocenters. The highest BCUT2D eigenvalue weighted by Crippen LogP contribution is 2.39.